The van der Waals surface area contributed by atoms with E-state index >= 15 is 0 Å². The second-order valence-electron chi connectivity index (χ2n) is 9.32. The predicted octanol–water partition coefficient (Wildman–Crippen LogP) is 3.85. The minimum atomic E-state index is -3.72. The van der Waals surface area contributed by atoms with Crippen LogP contribution in [0.15, 0.2) is 40.5 Å². The Morgan fingerprint density at radius 1 is 1.24 bits per heavy atom. The molecule has 2 aliphatic rings. The van der Waals surface area contributed by atoms with Crippen molar-refractivity contribution in [3.8, 4) is 0 Å². The van der Waals surface area contributed by atoms with Crippen molar-refractivity contribution in [2.75, 3.05) is 24.5 Å². The molecule has 0 bridgehead atoms. The van der Waals surface area contributed by atoms with Crippen LogP contribution in [0.4, 0.5) is 5.82 Å². The summed E-state index contributed by atoms with van der Waals surface area (Å²) in [5, 5.41) is 0.297. The summed E-state index contributed by atoms with van der Waals surface area (Å²) in [6, 6.07) is 4.96. The van der Waals surface area contributed by atoms with Crippen LogP contribution in [-0.4, -0.2) is 49.2 Å². The summed E-state index contributed by atoms with van der Waals surface area (Å²) in [5.74, 6) is 0.107. The van der Waals surface area contributed by atoms with Gasteiger partial charge in [0.15, 0.2) is 0 Å². The van der Waals surface area contributed by atoms with Crippen molar-refractivity contribution in [2.24, 2.45) is 11.1 Å². The average Bonchev–Trinajstić information content (AvgIpc) is 3.37. The number of carbonyl (C=O) groups excluding carboxylic acids is 1. The molecule has 34 heavy (non-hydrogen) atoms. The number of hydrogen-bond donors (Lipinski definition) is 2. The molecule has 8 nitrogen and oxygen atoms in total. The molecule has 2 fully saturated rings. The van der Waals surface area contributed by atoms with Gasteiger partial charge in [-0.05, 0) is 49.8 Å². The van der Waals surface area contributed by atoms with E-state index in [0.29, 0.717) is 29.3 Å². The molecule has 3 N–H and O–H groups in total. The summed E-state index contributed by atoms with van der Waals surface area (Å²) >= 11 is 7.77. The van der Waals surface area contributed by atoms with Gasteiger partial charge in [-0.1, -0.05) is 49.2 Å². The normalized spacial score (nSPS) is 18.7. The first-order valence-corrected chi connectivity index (χ1v) is 14.2. The molecule has 0 radical (unpaired) electrons. The quantitative estimate of drug-likeness (QED) is 0.561. The fourth-order valence-corrected chi connectivity index (χ4v) is 6.95. The lowest BCUT2D eigenvalue weighted by Gasteiger charge is -2.39. The molecule has 0 atom stereocenters. The highest BCUT2D eigenvalue weighted by atomic mass is 35.5. The average molecular weight is 524 g/mol. The summed E-state index contributed by atoms with van der Waals surface area (Å²) in [4.78, 5) is 24.6. The lowest BCUT2D eigenvalue weighted by molar-refractivity contribution is 0.0981. The first kappa shape index (κ1) is 25.2. The monoisotopic (exact) mass is 523 g/mol. The number of carbonyl (C=O) groups is 1. The highest BCUT2D eigenvalue weighted by molar-refractivity contribution is 7.99. The molecule has 1 aromatic carbocycles. The molecule has 2 heterocycles. The molecule has 11 heteroatoms. The Balaban J connectivity index is 1.42. The summed E-state index contributed by atoms with van der Waals surface area (Å²) in [6.07, 6.45) is 8.33. The van der Waals surface area contributed by atoms with Crippen molar-refractivity contribution in [1.82, 2.24) is 14.7 Å². The SMILES string of the molecule is CC1(CN)CCN(c2cnc(Sc3cccc(C(=O)NS(=O)(=O)C4CCCC4)c3Cl)cn2)CC1. The van der Waals surface area contributed by atoms with Crippen molar-refractivity contribution in [2.45, 2.75) is 60.6 Å². The Kier molecular flexibility index (Phi) is 7.71. The Morgan fingerprint density at radius 3 is 2.56 bits per heavy atom. The zero-order valence-corrected chi connectivity index (χ0v) is 21.6. The lowest BCUT2D eigenvalue weighted by atomic mass is 9.80. The number of rotatable bonds is 7. The van der Waals surface area contributed by atoms with Crippen LogP contribution in [-0.2, 0) is 10.0 Å². The van der Waals surface area contributed by atoms with Crippen LogP contribution in [0.25, 0.3) is 0 Å². The molecule has 1 aliphatic heterocycles. The molecule has 1 saturated heterocycles. The van der Waals surface area contributed by atoms with E-state index in [1.807, 2.05) is 0 Å². The van der Waals surface area contributed by atoms with Gasteiger partial charge in [-0.3, -0.25) is 4.79 Å². The third-order valence-electron chi connectivity index (χ3n) is 6.80. The fourth-order valence-electron chi connectivity index (χ4n) is 4.35. The Labute approximate surface area is 210 Å². The Bertz CT molecular complexity index is 1130. The number of benzene rings is 1. The second kappa shape index (κ2) is 10.4. The van der Waals surface area contributed by atoms with Crippen molar-refractivity contribution in [3.63, 3.8) is 0 Å². The van der Waals surface area contributed by atoms with Crippen LogP contribution >= 0.6 is 23.4 Å². The number of piperidine rings is 1. The number of nitrogens with one attached hydrogen (secondary N) is 1. The van der Waals surface area contributed by atoms with E-state index in [1.165, 1.54) is 17.8 Å². The Hall–Kier alpha value is -1.88. The van der Waals surface area contributed by atoms with Gasteiger partial charge in [-0.2, -0.15) is 0 Å². The van der Waals surface area contributed by atoms with Gasteiger partial charge >= 0.3 is 0 Å². The molecule has 1 aliphatic carbocycles. The van der Waals surface area contributed by atoms with Crippen molar-refractivity contribution >= 4 is 45.1 Å². The first-order valence-electron chi connectivity index (χ1n) is 11.5. The fraction of sp³-hybridized carbons (Fsp3) is 0.522. The predicted molar refractivity (Wildman–Crippen MR) is 135 cm³/mol. The van der Waals surface area contributed by atoms with Gasteiger partial charge in [0.05, 0.1) is 28.2 Å². The van der Waals surface area contributed by atoms with E-state index in [9.17, 15) is 13.2 Å². The van der Waals surface area contributed by atoms with Crippen molar-refractivity contribution in [1.29, 1.82) is 0 Å². The van der Waals surface area contributed by atoms with Crippen LogP contribution in [0, 0.1) is 5.41 Å². The van der Waals surface area contributed by atoms with Gasteiger partial charge < -0.3 is 10.6 Å². The maximum absolute atomic E-state index is 12.7. The zero-order chi connectivity index (χ0) is 24.3. The number of amides is 1. The van der Waals surface area contributed by atoms with Gasteiger partial charge in [0.25, 0.3) is 5.91 Å². The van der Waals surface area contributed by atoms with Crippen LogP contribution in [0.1, 0.15) is 55.8 Å². The van der Waals surface area contributed by atoms with Crippen LogP contribution in [0.3, 0.4) is 0 Å². The molecule has 0 unspecified atom stereocenters. The lowest BCUT2D eigenvalue weighted by Crippen LogP contribution is -2.42. The second-order valence-corrected chi connectivity index (χ2v) is 12.7. The van der Waals surface area contributed by atoms with E-state index < -0.39 is 21.2 Å². The third-order valence-corrected chi connectivity index (χ3v) is 10.1. The molecule has 0 spiro atoms. The van der Waals surface area contributed by atoms with E-state index in [4.69, 9.17) is 17.3 Å². The largest absolute Gasteiger partial charge is 0.355 e. The maximum atomic E-state index is 12.7. The number of nitrogens with two attached hydrogens (primary N) is 1. The molecule has 184 valence electrons. The van der Waals surface area contributed by atoms with Crippen molar-refractivity contribution in [3.05, 3.63) is 41.2 Å². The topological polar surface area (TPSA) is 118 Å². The third kappa shape index (κ3) is 5.67. The number of sulfonamides is 1. The highest BCUT2D eigenvalue weighted by Crippen LogP contribution is 2.35. The number of halogens is 1. The number of anilines is 1. The van der Waals surface area contributed by atoms with Gasteiger partial charge in [-0.15, -0.1) is 0 Å². The summed E-state index contributed by atoms with van der Waals surface area (Å²) in [7, 11) is -3.72. The van der Waals surface area contributed by atoms with Gasteiger partial charge in [-0.25, -0.2) is 23.1 Å². The number of nitrogens with zero attached hydrogens (tertiary/aromatic N) is 3. The van der Waals surface area contributed by atoms with Gasteiger partial charge in [0.2, 0.25) is 10.0 Å². The number of hydrogen-bond acceptors (Lipinski definition) is 8. The highest BCUT2D eigenvalue weighted by Gasteiger charge is 2.31. The van der Waals surface area contributed by atoms with Crippen LogP contribution < -0.4 is 15.4 Å². The molecular weight excluding hydrogens is 494 g/mol. The summed E-state index contributed by atoms with van der Waals surface area (Å²) < 4.78 is 27.2. The van der Waals surface area contributed by atoms with Gasteiger partial charge in [0, 0.05) is 18.0 Å². The molecule has 4 rings (SSSR count). The van der Waals surface area contributed by atoms with Crippen LogP contribution in [0.5, 0.6) is 0 Å². The van der Waals surface area contributed by atoms with E-state index in [2.05, 4.69) is 26.5 Å². The zero-order valence-electron chi connectivity index (χ0n) is 19.2. The molecule has 1 aromatic heterocycles. The molecular formula is C23H30ClN5O3S2. The molecule has 1 amide bonds. The van der Waals surface area contributed by atoms with Crippen molar-refractivity contribution < 1.29 is 13.2 Å². The maximum Gasteiger partial charge on any atom is 0.266 e. The molecule has 1 saturated carbocycles. The molecule has 2 aromatic rings. The minimum Gasteiger partial charge on any atom is -0.355 e. The smallest absolute Gasteiger partial charge is 0.266 e. The first-order chi connectivity index (χ1) is 16.2. The summed E-state index contributed by atoms with van der Waals surface area (Å²) in [5.41, 5.74) is 6.20. The van der Waals surface area contributed by atoms with E-state index in [-0.39, 0.29) is 16.0 Å². The van der Waals surface area contributed by atoms with Gasteiger partial charge in [0.1, 0.15) is 10.8 Å². The summed E-state index contributed by atoms with van der Waals surface area (Å²) in [6.45, 7) is 4.69. The number of aromatic nitrogens is 2. The standard InChI is InChI=1S/C23H30ClN5O3S2/c1-23(15-25)9-11-29(12-10-23)19-13-27-20(14-26-19)33-18-8-4-7-17(21(18)24)22(30)28-34(31,32)16-5-2-3-6-16/h4,7-8,13-14,16H,2-3,5-6,9-12,15,25H2,1H3,(H,28,30). The van der Waals surface area contributed by atoms with E-state index in [1.54, 1.807) is 24.5 Å². The van der Waals surface area contributed by atoms with Crippen LogP contribution in [0.2, 0.25) is 5.02 Å². The Morgan fingerprint density at radius 2 is 1.94 bits per heavy atom. The minimum absolute atomic E-state index is 0.120. The van der Waals surface area contributed by atoms with E-state index in [0.717, 1.165) is 44.6 Å².